The van der Waals surface area contributed by atoms with Crippen LogP contribution in [0.2, 0.25) is 5.02 Å². The van der Waals surface area contributed by atoms with Crippen molar-refractivity contribution in [2.24, 2.45) is 0 Å². The average molecular weight is 295 g/mol. The second-order valence-electron chi connectivity index (χ2n) is 4.62. The molecule has 0 saturated heterocycles. The molecule has 20 heavy (non-hydrogen) atoms. The second kappa shape index (κ2) is 5.96. The van der Waals surface area contributed by atoms with E-state index in [1.165, 1.54) is 12.1 Å². The summed E-state index contributed by atoms with van der Waals surface area (Å²) in [6.45, 7) is 4.35. The van der Waals surface area contributed by atoms with Crippen molar-refractivity contribution in [1.82, 2.24) is 9.78 Å². The van der Waals surface area contributed by atoms with Gasteiger partial charge in [-0.25, -0.2) is 4.79 Å². The van der Waals surface area contributed by atoms with Gasteiger partial charge >= 0.3 is 5.97 Å². The highest BCUT2D eigenvalue weighted by atomic mass is 35.5. The van der Waals surface area contributed by atoms with Crippen molar-refractivity contribution in [3.8, 4) is 5.75 Å². The number of aromatic carboxylic acids is 1. The molecule has 106 valence electrons. The van der Waals surface area contributed by atoms with E-state index in [1.807, 2.05) is 30.8 Å². The fraction of sp³-hybridized carbons (Fsp3) is 0.286. The van der Waals surface area contributed by atoms with Gasteiger partial charge < -0.3 is 9.84 Å². The number of carbonyl (C=O) groups is 1. The van der Waals surface area contributed by atoms with Gasteiger partial charge in [-0.3, -0.25) is 4.68 Å². The van der Waals surface area contributed by atoms with E-state index < -0.39 is 5.97 Å². The summed E-state index contributed by atoms with van der Waals surface area (Å²) in [5, 5.41) is 13.5. The molecule has 5 nitrogen and oxygen atoms in total. The lowest BCUT2D eigenvalue weighted by Crippen LogP contribution is -2.04. The number of aromatic nitrogens is 2. The molecule has 0 radical (unpaired) electrons. The van der Waals surface area contributed by atoms with E-state index in [4.69, 9.17) is 21.4 Å². The number of rotatable bonds is 5. The van der Waals surface area contributed by atoms with E-state index in [-0.39, 0.29) is 23.2 Å². The van der Waals surface area contributed by atoms with Gasteiger partial charge in [0.1, 0.15) is 12.4 Å². The number of carboxylic acid groups (broad SMARTS) is 1. The lowest BCUT2D eigenvalue weighted by atomic mass is 10.2. The van der Waals surface area contributed by atoms with E-state index in [2.05, 4.69) is 5.10 Å². The summed E-state index contributed by atoms with van der Waals surface area (Å²) in [5.74, 6) is -0.629. The molecule has 1 N–H and O–H groups in total. The zero-order chi connectivity index (χ0) is 14.7. The largest absolute Gasteiger partial charge is 0.487 e. The molecule has 0 aliphatic carbocycles. The summed E-state index contributed by atoms with van der Waals surface area (Å²) in [5.41, 5.74) is 0.808. The van der Waals surface area contributed by atoms with Crippen molar-refractivity contribution in [3.63, 3.8) is 0 Å². The predicted molar refractivity (Wildman–Crippen MR) is 75.4 cm³/mol. The number of nitrogens with zero attached hydrogens (tertiary/aromatic N) is 2. The minimum absolute atomic E-state index is 0.0249. The summed E-state index contributed by atoms with van der Waals surface area (Å²) in [4.78, 5) is 11.0. The number of carboxylic acids is 1. The topological polar surface area (TPSA) is 64.3 Å². The first-order chi connectivity index (χ1) is 9.47. The van der Waals surface area contributed by atoms with E-state index in [1.54, 1.807) is 6.07 Å². The molecule has 1 aromatic heterocycles. The van der Waals surface area contributed by atoms with Crippen LogP contribution in [-0.2, 0) is 6.61 Å². The fourth-order valence-electron chi connectivity index (χ4n) is 1.66. The number of hydrogen-bond acceptors (Lipinski definition) is 3. The molecule has 6 heteroatoms. The number of halogens is 1. The standard InChI is InChI=1S/C14H15ClN2O3/c1-9(2)17-6-5-10(16-17)8-20-11-3-4-13(15)12(7-11)14(18)19/h3-7,9H,8H2,1-2H3,(H,18,19). The third-order valence-electron chi connectivity index (χ3n) is 2.75. The molecule has 0 aliphatic heterocycles. The Hall–Kier alpha value is -2.01. The van der Waals surface area contributed by atoms with Crippen LogP contribution in [0.15, 0.2) is 30.5 Å². The molecule has 0 aliphatic rings. The van der Waals surface area contributed by atoms with Crippen LogP contribution in [0.5, 0.6) is 5.75 Å². The minimum Gasteiger partial charge on any atom is -0.487 e. The third-order valence-corrected chi connectivity index (χ3v) is 3.08. The Labute approximate surface area is 121 Å². The van der Waals surface area contributed by atoms with E-state index in [0.29, 0.717) is 5.75 Å². The van der Waals surface area contributed by atoms with Gasteiger partial charge in [0.05, 0.1) is 16.3 Å². The van der Waals surface area contributed by atoms with Crippen molar-refractivity contribution < 1.29 is 14.6 Å². The molecule has 0 fully saturated rings. The summed E-state index contributed by atoms with van der Waals surface area (Å²) in [6.07, 6.45) is 1.88. The summed E-state index contributed by atoms with van der Waals surface area (Å²) in [6, 6.07) is 6.71. The highest BCUT2D eigenvalue weighted by Gasteiger charge is 2.10. The Morgan fingerprint density at radius 1 is 1.45 bits per heavy atom. The molecule has 2 aromatic rings. The van der Waals surface area contributed by atoms with Crippen molar-refractivity contribution >= 4 is 17.6 Å². The number of hydrogen-bond donors (Lipinski definition) is 1. The monoisotopic (exact) mass is 294 g/mol. The van der Waals surface area contributed by atoms with Crippen molar-refractivity contribution in [2.75, 3.05) is 0 Å². The van der Waals surface area contributed by atoms with E-state index in [0.717, 1.165) is 5.69 Å². The van der Waals surface area contributed by atoms with Gasteiger partial charge in [0.2, 0.25) is 0 Å². The molecule has 0 amide bonds. The Balaban J connectivity index is 2.06. The van der Waals surface area contributed by atoms with Crippen LogP contribution in [-0.4, -0.2) is 20.9 Å². The van der Waals surface area contributed by atoms with Gasteiger partial charge in [-0.05, 0) is 38.1 Å². The van der Waals surface area contributed by atoms with Crippen LogP contribution in [0.1, 0.15) is 35.9 Å². The molecular weight excluding hydrogens is 280 g/mol. The molecule has 0 saturated carbocycles. The SMILES string of the molecule is CC(C)n1ccc(COc2ccc(Cl)c(C(=O)O)c2)n1. The van der Waals surface area contributed by atoms with Crippen molar-refractivity contribution in [3.05, 3.63) is 46.7 Å². The van der Waals surface area contributed by atoms with Crippen LogP contribution in [0.4, 0.5) is 0 Å². The van der Waals surface area contributed by atoms with Gasteiger partial charge in [-0.1, -0.05) is 11.6 Å². The quantitative estimate of drug-likeness (QED) is 0.918. The van der Waals surface area contributed by atoms with E-state index >= 15 is 0 Å². The van der Waals surface area contributed by atoms with Crippen molar-refractivity contribution in [1.29, 1.82) is 0 Å². The Morgan fingerprint density at radius 2 is 2.20 bits per heavy atom. The molecule has 0 unspecified atom stereocenters. The maximum absolute atomic E-state index is 11.0. The normalized spacial score (nSPS) is 10.8. The predicted octanol–water partition coefficient (Wildman–Crippen LogP) is 3.39. The zero-order valence-corrected chi connectivity index (χ0v) is 12.0. The maximum Gasteiger partial charge on any atom is 0.337 e. The van der Waals surface area contributed by atoms with Gasteiger partial charge in [-0.2, -0.15) is 5.10 Å². The first-order valence-electron chi connectivity index (χ1n) is 6.17. The van der Waals surface area contributed by atoms with Crippen LogP contribution < -0.4 is 4.74 Å². The highest BCUT2D eigenvalue weighted by Crippen LogP contribution is 2.22. The molecular formula is C14H15ClN2O3. The molecule has 1 heterocycles. The van der Waals surface area contributed by atoms with Crippen LogP contribution in [0.25, 0.3) is 0 Å². The van der Waals surface area contributed by atoms with Gasteiger partial charge in [0.15, 0.2) is 0 Å². The summed E-state index contributed by atoms with van der Waals surface area (Å²) >= 11 is 5.79. The zero-order valence-electron chi connectivity index (χ0n) is 11.2. The molecule has 0 bridgehead atoms. The van der Waals surface area contributed by atoms with Crippen molar-refractivity contribution in [2.45, 2.75) is 26.5 Å². The first-order valence-corrected chi connectivity index (χ1v) is 6.55. The number of ether oxygens (including phenoxy) is 1. The average Bonchev–Trinajstić information content (AvgIpc) is 2.86. The van der Waals surface area contributed by atoms with Crippen LogP contribution in [0.3, 0.4) is 0 Å². The molecule has 1 aromatic carbocycles. The van der Waals surface area contributed by atoms with Crippen LogP contribution in [0, 0.1) is 0 Å². The lowest BCUT2D eigenvalue weighted by Gasteiger charge is -2.07. The molecule has 2 rings (SSSR count). The van der Waals surface area contributed by atoms with Gasteiger partial charge in [-0.15, -0.1) is 0 Å². The van der Waals surface area contributed by atoms with Gasteiger partial charge in [0.25, 0.3) is 0 Å². The highest BCUT2D eigenvalue weighted by molar-refractivity contribution is 6.33. The third kappa shape index (κ3) is 3.30. The maximum atomic E-state index is 11.0. The Morgan fingerprint density at radius 3 is 2.80 bits per heavy atom. The first kappa shape index (κ1) is 14.4. The minimum atomic E-state index is -1.08. The summed E-state index contributed by atoms with van der Waals surface area (Å²) < 4.78 is 7.37. The Bertz CT molecular complexity index is 623. The Kier molecular flexibility index (Phi) is 4.29. The van der Waals surface area contributed by atoms with Crippen LogP contribution >= 0.6 is 11.6 Å². The summed E-state index contributed by atoms with van der Waals surface area (Å²) in [7, 11) is 0. The number of benzene rings is 1. The second-order valence-corrected chi connectivity index (χ2v) is 5.02. The fourth-order valence-corrected chi connectivity index (χ4v) is 1.86. The van der Waals surface area contributed by atoms with Gasteiger partial charge in [0, 0.05) is 12.2 Å². The van der Waals surface area contributed by atoms with E-state index in [9.17, 15) is 4.79 Å². The molecule has 0 spiro atoms. The smallest absolute Gasteiger partial charge is 0.337 e. The lowest BCUT2D eigenvalue weighted by molar-refractivity contribution is 0.0696. The molecule has 0 atom stereocenters.